The second-order valence-corrected chi connectivity index (χ2v) is 6.91. The van der Waals surface area contributed by atoms with Crippen LogP contribution in [0.5, 0.6) is 5.75 Å². The Kier molecular flexibility index (Phi) is 6.27. The van der Waals surface area contributed by atoms with Crippen LogP contribution >= 0.6 is 12.4 Å². The molecule has 1 fully saturated rings. The van der Waals surface area contributed by atoms with Crippen molar-refractivity contribution >= 4 is 24.0 Å². The molecule has 3 N–H and O–H groups in total. The SMILES string of the molecule is CC(C)(C)Oc1ccc(NC(=O)C2(N)CCCCC2)cc1.Cl. The number of nitrogens with two attached hydrogens (primary N) is 1. The van der Waals surface area contributed by atoms with Gasteiger partial charge in [-0.3, -0.25) is 4.79 Å². The number of anilines is 1. The van der Waals surface area contributed by atoms with Crippen molar-refractivity contribution in [2.45, 2.75) is 64.0 Å². The van der Waals surface area contributed by atoms with Crippen molar-refractivity contribution in [2.24, 2.45) is 5.73 Å². The molecule has 2 rings (SSSR count). The number of hydrogen-bond donors (Lipinski definition) is 2. The van der Waals surface area contributed by atoms with Gasteiger partial charge in [-0.15, -0.1) is 12.4 Å². The van der Waals surface area contributed by atoms with Crippen LogP contribution in [-0.4, -0.2) is 17.0 Å². The van der Waals surface area contributed by atoms with Crippen LogP contribution in [0.15, 0.2) is 24.3 Å². The lowest BCUT2D eigenvalue weighted by atomic mass is 9.82. The lowest BCUT2D eigenvalue weighted by Gasteiger charge is -2.31. The van der Waals surface area contributed by atoms with Gasteiger partial charge in [-0.1, -0.05) is 19.3 Å². The van der Waals surface area contributed by atoms with Gasteiger partial charge in [0.05, 0.1) is 5.54 Å². The van der Waals surface area contributed by atoms with Gasteiger partial charge in [0.15, 0.2) is 0 Å². The number of carbonyl (C=O) groups is 1. The predicted octanol–water partition coefficient (Wildman–Crippen LogP) is 3.89. The first-order chi connectivity index (χ1) is 9.78. The van der Waals surface area contributed by atoms with Crippen LogP contribution < -0.4 is 15.8 Å². The highest BCUT2D eigenvalue weighted by Crippen LogP contribution is 2.27. The van der Waals surface area contributed by atoms with Crippen molar-refractivity contribution in [1.29, 1.82) is 0 Å². The van der Waals surface area contributed by atoms with Crippen molar-refractivity contribution < 1.29 is 9.53 Å². The number of nitrogens with one attached hydrogen (secondary N) is 1. The van der Waals surface area contributed by atoms with Crippen LogP contribution in [-0.2, 0) is 4.79 Å². The first kappa shape index (κ1) is 18.8. The van der Waals surface area contributed by atoms with Gasteiger partial charge in [0, 0.05) is 5.69 Å². The van der Waals surface area contributed by atoms with E-state index in [1.165, 1.54) is 6.42 Å². The van der Waals surface area contributed by atoms with Gasteiger partial charge in [-0.2, -0.15) is 0 Å². The first-order valence-corrected chi connectivity index (χ1v) is 7.68. The average molecular weight is 327 g/mol. The second kappa shape index (κ2) is 7.34. The fourth-order valence-corrected chi connectivity index (χ4v) is 2.63. The fraction of sp³-hybridized carbons (Fsp3) is 0.588. The summed E-state index contributed by atoms with van der Waals surface area (Å²) in [6, 6.07) is 7.44. The van der Waals surface area contributed by atoms with Crippen molar-refractivity contribution in [3.8, 4) is 5.75 Å². The van der Waals surface area contributed by atoms with E-state index in [1.807, 2.05) is 45.0 Å². The Morgan fingerprint density at radius 3 is 2.18 bits per heavy atom. The fourth-order valence-electron chi connectivity index (χ4n) is 2.63. The van der Waals surface area contributed by atoms with Gasteiger partial charge in [0.2, 0.25) is 5.91 Å². The molecule has 0 radical (unpaired) electrons. The van der Waals surface area contributed by atoms with E-state index in [2.05, 4.69) is 5.32 Å². The highest BCUT2D eigenvalue weighted by atomic mass is 35.5. The average Bonchev–Trinajstić information content (AvgIpc) is 2.40. The molecule has 1 saturated carbocycles. The summed E-state index contributed by atoms with van der Waals surface area (Å²) in [5, 5.41) is 2.92. The normalized spacial score (nSPS) is 17.3. The molecule has 1 amide bonds. The highest BCUT2D eigenvalue weighted by molar-refractivity contribution is 5.98. The lowest BCUT2D eigenvalue weighted by molar-refractivity contribution is -0.122. The number of hydrogen-bond acceptors (Lipinski definition) is 3. The largest absolute Gasteiger partial charge is 0.488 e. The predicted molar refractivity (Wildman–Crippen MR) is 92.7 cm³/mol. The van der Waals surface area contributed by atoms with Gasteiger partial charge in [0.1, 0.15) is 11.4 Å². The maximum Gasteiger partial charge on any atom is 0.244 e. The molecule has 0 heterocycles. The van der Waals surface area contributed by atoms with Gasteiger partial charge in [0.25, 0.3) is 0 Å². The zero-order valence-corrected chi connectivity index (χ0v) is 14.5. The molecule has 1 aliphatic rings. The zero-order chi connectivity index (χ0) is 15.5. The molecule has 0 unspecified atom stereocenters. The number of benzene rings is 1. The number of ether oxygens (including phenoxy) is 1. The smallest absolute Gasteiger partial charge is 0.244 e. The molecule has 0 aliphatic heterocycles. The third kappa shape index (κ3) is 5.18. The molecule has 22 heavy (non-hydrogen) atoms. The summed E-state index contributed by atoms with van der Waals surface area (Å²) in [6.07, 6.45) is 4.77. The minimum Gasteiger partial charge on any atom is -0.488 e. The van der Waals surface area contributed by atoms with Crippen molar-refractivity contribution in [3.05, 3.63) is 24.3 Å². The van der Waals surface area contributed by atoms with E-state index in [0.29, 0.717) is 0 Å². The standard InChI is InChI=1S/C17H26N2O2.ClH/c1-16(2,3)21-14-9-7-13(8-10-14)19-15(20)17(18)11-5-4-6-12-17;/h7-10H,4-6,11-12,18H2,1-3H3,(H,19,20);1H. The Hall–Kier alpha value is -1.26. The molecule has 4 nitrogen and oxygen atoms in total. The van der Waals surface area contributed by atoms with E-state index in [9.17, 15) is 4.79 Å². The molecule has 0 saturated heterocycles. The van der Waals surface area contributed by atoms with Crippen LogP contribution in [0.3, 0.4) is 0 Å². The Morgan fingerprint density at radius 2 is 1.68 bits per heavy atom. The van der Waals surface area contributed by atoms with Gasteiger partial charge in [-0.05, 0) is 57.9 Å². The summed E-state index contributed by atoms with van der Waals surface area (Å²) in [6.45, 7) is 6.01. The van der Waals surface area contributed by atoms with Gasteiger partial charge >= 0.3 is 0 Å². The van der Waals surface area contributed by atoms with E-state index in [0.717, 1.165) is 37.1 Å². The van der Waals surface area contributed by atoms with Gasteiger partial charge < -0.3 is 15.8 Å². The van der Waals surface area contributed by atoms with Gasteiger partial charge in [-0.25, -0.2) is 0 Å². The monoisotopic (exact) mass is 326 g/mol. The Balaban J connectivity index is 0.00000242. The van der Waals surface area contributed by atoms with Crippen LogP contribution in [0.2, 0.25) is 0 Å². The zero-order valence-electron chi connectivity index (χ0n) is 13.6. The Labute approximate surface area is 139 Å². The molecule has 124 valence electrons. The molecule has 1 aromatic carbocycles. The lowest BCUT2D eigenvalue weighted by Crippen LogP contribution is -2.52. The molecule has 5 heteroatoms. The first-order valence-electron chi connectivity index (χ1n) is 7.68. The molecule has 0 atom stereocenters. The minimum atomic E-state index is -0.709. The van der Waals surface area contributed by atoms with Crippen LogP contribution in [0.25, 0.3) is 0 Å². The molecule has 0 aromatic heterocycles. The molecule has 1 aliphatic carbocycles. The summed E-state index contributed by atoms with van der Waals surface area (Å²) in [7, 11) is 0. The second-order valence-electron chi connectivity index (χ2n) is 6.91. The number of carbonyl (C=O) groups excluding carboxylic acids is 1. The Morgan fingerprint density at radius 1 is 1.14 bits per heavy atom. The molecule has 0 spiro atoms. The quantitative estimate of drug-likeness (QED) is 0.885. The summed E-state index contributed by atoms with van der Waals surface area (Å²) in [4.78, 5) is 12.3. The van der Waals surface area contributed by atoms with E-state index in [-0.39, 0.29) is 23.9 Å². The van der Waals surface area contributed by atoms with Crippen LogP contribution in [0.1, 0.15) is 52.9 Å². The van der Waals surface area contributed by atoms with Crippen molar-refractivity contribution in [3.63, 3.8) is 0 Å². The molecule has 0 bridgehead atoms. The molecular weight excluding hydrogens is 300 g/mol. The van der Waals surface area contributed by atoms with Crippen molar-refractivity contribution in [2.75, 3.05) is 5.32 Å². The van der Waals surface area contributed by atoms with E-state index in [1.54, 1.807) is 0 Å². The third-order valence-corrected chi connectivity index (χ3v) is 3.73. The summed E-state index contributed by atoms with van der Waals surface area (Å²) >= 11 is 0. The summed E-state index contributed by atoms with van der Waals surface area (Å²) < 4.78 is 5.76. The third-order valence-electron chi connectivity index (χ3n) is 3.73. The number of rotatable bonds is 3. The summed E-state index contributed by atoms with van der Waals surface area (Å²) in [5.74, 6) is 0.715. The molecule has 1 aromatic rings. The maximum absolute atomic E-state index is 12.3. The number of amides is 1. The topological polar surface area (TPSA) is 64.3 Å². The van der Waals surface area contributed by atoms with E-state index in [4.69, 9.17) is 10.5 Å². The van der Waals surface area contributed by atoms with Crippen LogP contribution in [0, 0.1) is 0 Å². The molecular formula is C17H27ClN2O2. The van der Waals surface area contributed by atoms with Crippen LogP contribution in [0.4, 0.5) is 5.69 Å². The van der Waals surface area contributed by atoms with Crippen molar-refractivity contribution in [1.82, 2.24) is 0 Å². The summed E-state index contributed by atoms with van der Waals surface area (Å²) in [5.41, 5.74) is 6.05. The van der Waals surface area contributed by atoms with E-state index >= 15 is 0 Å². The highest BCUT2D eigenvalue weighted by Gasteiger charge is 2.35. The minimum absolute atomic E-state index is 0. The maximum atomic E-state index is 12.3. The number of halogens is 1. The Bertz CT molecular complexity index is 488. The van der Waals surface area contributed by atoms with E-state index < -0.39 is 5.54 Å².